The highest BCUT2D eigenvalue weighted by atomic mass is 32.1. The Morgan fingerprint density at radius 3 is 2.67 bits per heavy atom. The number of nitrogens with two attached hydrogens (primary N) is 1. The summed E-state index contributed by atoms with van der Waals surface area (Å²) < 4.78 is 0. The number of aryl methyl sites for hydroxylation is 3. The highest BCUT2D eigenvalue weighted by molar-refractivity contribution is 7.80. The molecule has 0 saturated carbocycles. The van der Waals surface area contributed by atoms with Crippen LogP contribution in [0.5, 0.6) is 0 Å². The molecule has 0 unspecified atom stereocenters. The minimum absolute atomic E-state index is 0.371. The van der Waals surface area contributed by atoms with Crippen LogP contribution >= 0.6 is 12.2 Å². The molecule has 3 nitrogen and oxygen atoms in total. The lowest BCUT2D eigenvalue weighted by Gasteiger charge is -2.16. The maximum atomic E-state index is 5.87. The van der Waals surface area contributed by atoms with Crippen molar-refractivity contribution < 1.29 is 0 Å². The Morgan fingerprint density at radius 1 is 1.29 bits per heavy atom. The van der Waals surface area contributed by atoms with Crippen molar-refractivity contribution in [2.75, 3.05) is 5.32 Å². The average molecular weight is 299 g/mol. The van der Waals surface area contributed by atoms with E-state index in [9.17, 15) is 0 Å². The van der Waals surface area contributed by atoms with Crippen LogP contribution in [0.2, 0.25) is 0 Å². The summed E-state index contributed by atoms with van der Waals surface area (Å²) in [6.07, 6.45) is 2.12. The fourth-order valence-corrected chi connectivity index (χ4v) is 2.75. The monoisotopic (exact) mass is 299 g/mol. The van der Waals surface area contributed by atoms with E-state index in [-0.39, 0.29) is 0 Å². The van der Waals surface area contributed by atoms with Crippen LogP contribution in [0, 0.1) is 13.8 Å². The molecular formula is C17H21N3S. The van der Waals surface area contributed by atoms with Gasteiger partial charge in [-0.05, 0) is 43.5 Å². The van der Waals surface area contributed by atoms with Gasteiger partial charge in [0.1, 0.15) is 10.8 Å². The van der Waals surface area contributed by atoms with Gasteiger partial charge in [-0.25, -0.2) is 4.98 Å². The van der Waals surface area contributed by atoms with E-state index in [1.165, 1.54) is 5.56 Å². The molecule has 3 N–H and O–H groups in total. The first-order chi connectivity index (χ1) is 10.0. The molecule has 0 aliphatic rings. The van der Waals surface area contributed by atoms with Crippen molar-refractivity contribution in [3.8, 4) is 0 Å². The molecule has 1 aromatic heterocycles. The van der Waals surface area contributed by atoms with Gasteiger partial charge in [0, 0.05) is 11.4 Å². The van der Waals surface area contributed by atoms with Crippen LogP contribution in [-0.4, -0.2) is 9.97 Å². The summed E-state index contributed by atoms with van der Waals surface area (Å²) in [4.78, 5) is 4.94. The van der Waals surface area contributed by atoms with Crippen molar-refractivity contribution in [1.82, 2.24) is 4.98 Å². The lowest BCUT2D eigenvalue weighted by Crippen LogP contribution is -2.15. The molecule has 0 saturated heterocycles. The number of nitrogens with one attached hydrogen (secondary N) is 1. The molecule has 2 aromatic rings. The summed E-state index contributed by atoms with van der Waals surface area (Å²) >= 11 is 5.18. The molecule has 0 atom stereocenters. The molecule has 0 amide bonds. The minimum Gasteiger partial charge on any atom is -0.389 e. The zero-order valence-corrected chi connectivity index (χ0v) is 13.6. The summed E-state index contributed by atoms with van der Waals surface area (Å²) in [6.45, 7) is 6.15. The van der Waals surface area contributed by atoms with Crippen LogP contribution in [0.4, 0.5) is 11.5 Å². The third-order valence-electron chi connectivity index (χ3n) is 3.38. The zero-order valence-electron chi connectivity index (χ0n) is 12.7. The van der Waals surface area contributed by atoms with Gasteiger partial charge >= 0.3 is 0 Å². The molecule has 4 heteroatoms. The van der Waals surface area contributed by atoms with E-state index in [0.29, 0.717) is 4.99 Å². The number of pyridine rings is 1. The molecular weight excluding hydrogens is 278 g/mol. The predicted octanol–water partition coefficient (Wildman–Crippen LogP) is 4.03. The number of nitrogens with zero attached hydrogens (tertiary/aromatic N) is 1. The van der Waals surface area contributed by atoms with Crippen LogP contribution in [0.25, 0.3) is 0 Å². The molecule has 0 aliphatic carbocycles. The Balaban J connectivity index is 2.47. The summed E-state index contributed by atoms with van der Waals surface area (Å²) in [5, 5.41) is 3.41. The smallest absolute Gasteiger partial charge is 0.141 e. The third kappa shape index (κ3) is 3.58. The first kappa shape index (κ1) is 15.4. The summed E-state index contributed by atoms with van der Waals surface area (Å²) in [7, 11) is 0. The Kier molecular flexibility index (Phi) is 4.91. The second-order valence-corrected chi connectivity index (χ2v) is 5.64. The molecule has 0 aliphatic heterocycles. The topological polar surface area (TPSA) is 50.9 Å². The van der Waals surface area contributed by atoms with Gasteiger partial charge in [-0.2, -0.15) is 0 Å². The third-order valence-corrected chi connectivity index (χ3v) is 3.58. The predicted molar refractivity (Wildman–Crippen MR) is 93.3 cm³/mol. The fraction of sp³-hybridized carbons (Fsp3) is 0.294. The number of aromatic nitrogens is 1. The van der Waals surface area contributed by atoms with Gasteiger partial charge in [-0.1, -0.05) is 43.8 Å². The Hall–Kier alpha value is -1.94. The van der Waals surface area contributed by atoms with Gasteiger partial charge in [-0.15, -0.1) is 0 Å². The molecule has 1 heterocycles. The highest BCUT2D eigenvalue weighted by Crippen LogP contribution is 2.25. The Bertz CT molecular complexity index is 665. The maximum absolute atomic E-state index is 5.87. The fourth-order valence-electron chi connectivity index (χ4n) is 2.50. The van der Waals surface area contributed by atoms with Gasteiger partial charge in [0.15, 0.2) is 0 Å². The summed E-state index contributed by atoms with van der Waals surface area (Å²) in [5.41, 5.74) is 11.0. The number of thiocarbonyl (C=S) groups is 1. The number of hydrogen-bond donors (Lipinski definition) is 2. The van der Waals surface area contributed by atoms with Gasteiger partial charge in [0.2, 0.25) is 0 Å². The van der Waals surface area contributed by atoms with Crippen molar-refractivity contribution in [1.29, 1.82) is 0 Å². The van der Waals surface area contributed by atoms with E-state index in [1.807, 2.05) is 26.0 Å². The second kappa shape index (κ2) is 6.68. The van der Waals surface area contributed by atoms with Crippen LogP contribution in [0.15, 0.2) is 30.3 Å². The van der Waals surface area contributed by atoms with Crippen molar-refractivity contribution in [3.05, 3.63) is 52.7 Å². The van der Waals surface area contributed by atoms with E-state index in [4.69, 9.17) is 18.0 Å². The van der Waals surface area contributed by atoms with Gasteiger partial charge < -0.3 is 11.1 Å². The first-order valence-corrected chi connectivity index (χ1v) is 7.56. The quantitative estimate of drug-likeness (QED) is 0.818. The van der Waals surface area contributed by atoms with E-state index in [1.54, 1.807) is 0 Å². The standard InChI is InChI=1S/C17H21N3S/c1-4-7-13-8-5-6-9-14(13)20-17-15(16(18)21)11(2)10-12(3)19-17/h5-6,8-10H,4,7H2,1-3H3,(H2,18,21)(H,19,20). The second-order valence-electron chi connectivity index (χ2n) is 5.20. The van der Waals surface area contributed by atoms with Crippen molar-refractivity contribution in [2.45, 2.75) is 33.6 Å². The Morgan fingerprint density at radius 2 is 2.00 bits per heavy atom. The average Bonchev–Trinajstić information content (AvgIpc) is 2.40. The molecule has 21 heavy (non-hydrogen) atoms. The lowest BCUT2D eigenvalue weighted by molar-refractivity contribution is 0.923. The molecule has 0 radical (unpaired) electrons. The summed E-state index contributed by atoms with van der Waals surface area (Å²) in [5.74, 6) is 0.739. The number of hydrogen-bond acceptors (Lipinski definition) is 3. The first-order valence-electron chi connectivity index (χ1n) is 7.16. The maximum Gasteiger partial charge on any atom is 0.141 e. The summed E-state index contributed by atoms with van der Waals surface area (Å²) in [6, 6.07) is 10.3. The molecule has 110 valence electrons. The van der Waals surface area contributed by atoms with Gasteiger partial charge in [-0.3, -0.25) is 0 Å². The SMILES string of the molecule is CCCc1ccccc1Nc1nc(C)cc(C)c1C(N)=S. The van der Waals surface area contributed by atoms with Crippen molar-refractivity contribution in [3.63, 3.8) is 0 Å². The molecule has 0 bridgehead atoms. The van der Waals surface area contributed by atoms with Gasteiger partial charge in [0.25, 0.3) is 0 Å². The van der Waals surface area contributed by atoms with Crippen LogP contribution in [-0.2, 0) is 6.42 Å². The number of anilines is 2. The van der Waals surface area contributed by atoms with Gasteiger partial charge in [0.05, 0.1) is 5.56 Å². The highest BCUT2D eigenvalue weighted by Gasteiger charge is 2.12. The van der Waals surface area contributed by atoms with Crippen LogP contribution in [0.1, 0.15) is 35.7 Å². The zero-order chi connectivity index (χ0) is 15.4. The van der Waals surface area contributed by atoms with E-state index in [2.05, 4.69) is 35.4 Å². The molecule has 1 aromatic carbocycles. The normalized spacial score (nSPS) is 10.4. The van der Waals surface area contributed by atoms with Crippen LogP contribution in [0.3, 0.4) is 0 Å². The van der Waals surface area contributed by atoms with Crippen molar-refractivity contribution in [2.24, 2.45) is 5.73 Å². The molecule has 0 fully saturated rings. The van der Waals surface area contributed by atoms with Crippen LogP contribution < -0.4 is 11.1 Å². The molecule has 0 spiro atoms. The van der Waals surface area contributed by atoms with Crippen molar-refractivity contribution >= 4 is 28.7 Å². The largest absolute Gasteiger partial charge is 0.389 e. The Labute approximate surface area is 131 Å². The van der Waals surface area contributed by atoms with E-state index < -0.39 is 0 Å². The number of para-hydroxylation sites is 1. The minimum atomic E-state index is 0.371. The molecule has 2 rings (SSSR count). The number of benzene rings is 1. The van der Waals surface area contributed by atoms with E-state index in [0.717, 1.165) is 41.2 Å². The van der Waals surface area contributed by atoms with E-state index >= 15 is 0 Å². The lowest BCUT2D eigenvalue weighted by atomic mass is 10.1. The number of rotatable bonds is 5.